The number of rotatable bonds is 8. The Morgan fingerprint density at radius 3 is 2.33 bits per heavy atom. The third-order valence-corrected chi connectivity index (χ3v) is 3.71. The molecule has 9 heteroatoms. The van der Waals surface area contributed by atoms with Crippen molar-refractivity contribution in [3.8, 4) is 0 Å². The number of amides is 4. The van der Waals surface area contributed by atoms with Gasteiger partial charge in [0.2, 0.25) is 23.6 Å². The monoisotopic (exact) mass is 342 g/mol. The van der Waals surface area contributed by atoms with Crippen LogP contribution < -0.4 is 21.3 Å². The van der Waals surface area contributed by atoms with Gasteiger partial charge >= 0.3 is 0 Å². The van der Waals surface area contributed by atoms with E-state index in [0.717, 1.165) is 0 Å². The first-order chi connectivity index (χ1) is 11.3. The number of hydrogen-bond acceptors (Lipinski definition) is 5. The normalized spacial score (nSPS) is 19.4. The minimum atomic E-state index is -1.19. The summed E-state index contributed by atoms with van der Waals surface area (Å²) in [6, 6.07) is -2.64. The van der Waals surface area contributed by atoms with E-state index in [2.05, 4.69) is 21.3 Å². The zero-order chi connectivity index (χ0) is 18.3. The molecule has 1 heterocycles. The van der Waals surface area contributed by atoms with Gasteiger partial charge in [-0.25, -0.2) is 0 Å². The molecule has 0 saturated carbocycles. The Morgan fingerprint density at radius 1 is 1.21 bits per heavy atom. The maximum Gasteiger partial charge on any atom is 0.245 e. The number of likely N-dealkylation sites (N-methyl/N-ethyl adjacent to an activating group) is 1. The molecule has 9 nitrogen and oxygen atoms in total. The summed E-state index contributed by atoms with van der Waals surface area (Å²) in [5.74, 6) is -1.58. The minimum Gasteiger partial charge on any atom is -0.394 e. The average Bonchev–Trinajstić information content (AvgIpc) is 2.96. The molecule has 0 aromatic carbocycles. The van der Waals surface area contributed by atoms with Crippen molar-refractivity contribution in [2.45, 2.75) is 51.2 Å². The molecule has 3 atom stereocenters. The number of aliphatic hydroxyl groups is 1. The van der Waals surface area contributed by atoms with E-state index < -0.39 is 36.5 Å². The predicted octanol–water partition coefficient (Wildman–Crippen LogP) is -1.98. The van der Waals surface area contributed by atoms with Gasteiger partial charge in [-0.3, -0.25) is 19.2 Å². The summed E-state index contributed by atoms with van der Waals surface area (Å²) in [6.07, 6.45) is 1.02. The summed E-state index contributed by atoms with van der Waals surface area (Å²) in [7, 11) is 1.47. The van der Waals surface area contributed by atoms with Crippen LogP contribution in [0.2, 0.25) is 0 Å². The molecule has 1 fully saturated rings. The molecule has 1 saturated heterocycles. The fourth-order valence-electron chi connectivity index (χ4n) is 2.43. The molecule has 1 aliphatic heterocycles. The number of hydrogen-bond donors (Lipinski definition) is 5. The second-order valence-corrected chi connectivity index (χ2v) is 6.21. The summed E-state index contributed by atoms with van der Waals surface area (Å²) >= 11 is 0. The number of carbonyl (C=O) groups is 4. The van der Waals surface area contributed by atoms with Gasteiger partial charge in [-0.1, -0.05) is 13.8 Å². The van der Waals surface area contributed by atoms with Crippen molar-refractivity contribution in [3.05, 3.63) is 0 Å². The van der Waals surface area contributed by atoms with Crippen molar-refractivity contribution in [2.75, 3.05) is 13.7 Å². The SMILES string of the molecule is CNC(=O)C(CC(C)C)NC(=O)C(CO)NC(=O)C1CCC(=O)N1. The molecule has 1 aliphatic rings. The Kier molecular flexibility index (Phi) is 7.63. The molecule has 0 aromatic rings. The van der Waals surface area contributed by atoms with E-state index in [1.807, 2.05) is 13.8 Å². The van der Waals surface area contributed by atoms with Crippen molar-refractivity contribution in [3.63, 3.8) is 0 Å². The average molecular weight is 342 g/mol. The lowest BCUT2D eigenvalue weighted by Crippen LogP contribution is -2.57. The van der Waals surface area contributed by atoms with Crippen LogP contribution in [0, 0.1) is 5.92 Å². The van der Waals surface area contributed by atoms with Crippen LogP contribution in [0.25, 0.3) is 0 Å². The molecule has 0 aromatic heterocycles. The molecular formula is C15H26N4O5. The quantitative estimate of drug-likeness (QED) is 0.348. The summed E-state index contributed by atoms with van der Waals surface area (Å²) in [4.78, 5) is 47.2. The Morgan fingerprint density at radius 2 is 1.88 bits per heavy atom. The topological polar surface area (TPSA) is 137 Å². The molecule has 24 heavy (non-hydrogen) atoms. The summed E-state index contributed by atoms with van der Waals surface area (Å²) < 4.78 is 0. The first-order valence-electron chi connectivity index (χ1n) is 8.01. The third-order valence-electron chi connectivity index (χ3n) is 3.71. The highest BCUT2D eigenvalue weighted by Crippen LogP contribution is 2.07. The highest BCUT2D eigenvalue weighted by Gasteiger charge is 2.31. The first-order valence-corrected chi connectivity index (χ1v) is 8.01. The van der Waals surface area contributed by atoms with Crippen molar-refractivity contribution in [1.82, 2.24) is 21.3 Å². The van der Waals surface area contributed by atoms with Gasteiger partial charge in [-0.2, -0.15) is 0 Å². The van der Waals surface area contributed by atoms with Crippen LogP contribution in [-0.2, 0) is 19.2 Å². The molecule has 0 radical (unpaired) electrons. The Hall–Kier alpha value is -2.16. The van der Waals surface area contributed by atoms with Crippen LogP contribution in [0.3, 0.4) is 0 Å². The van der Waals surface area contributed by atoms with Crippen LogP contribution in [0.1, 0.15) is 33.1 Å². The van der Waals surface area contributed by atoms with Crippen molar-refractivity contribution in [2.24, 2.45) is 5.92 Å². The molecule has 0 aliphatic carbocycles. The third kappa shape index (κ3) is 5.80. The molecular weight excluding hydrogens is 316 g/mol. The Balaban J connectivity index is 2.65. The lowest BCUT2D eigenvalue weighted by Gasteiger charge is -2.23. The van der Waals surface area contributed by atoms with Gasteiger partial charge < -0.3 is 26.4 Å². The van der Waals surface area contributed by atoms with Crippen molar-refractivity contribution in [1.29, 1.82) is 0 Å². The summed E-state index contributed by atoms with van der Waals surface area (Å²) in [5.41, 5.74) is 0. The standard InChI is InChI=1S/C15H26N4O5/c1-8(2)6-10(13(22)16-3)18-15(24)11(7-20)19-14(23)9-4-5-12(21)17-9/h8-11,20H,4-7H2,1-3H3,(H,16,22)(H,17,21)(H,18,24)(H,19,23). The van der Waals surface area contributed by atoms with Gasteiger partial charge in [0.1, 0.15) is 18.1 Å². The predicted molar refractivity (Wildman–Crippen MR) is 85.6 cm³/mol. The van der Waals surface area contributed by atoms with E-state index in [-0.39, 0.29) is 24.2 Å². The van der Waals surface area contributed by atoms with Crippen LogP contribution in [0.4, 0.5) is 0 Å². The molecule has 4 amide bonds. The van der Waals surface area contributed by atoms with Gasteiger partial charge in [-0.15, -0.1) is 0 Å². The van der Waals surface area contributed by atoms with E-state index in [9.17, 15) is 24.3 Å². The maximum absolute atomic E-state index is 12.2. The van der Waals surface area contributed by atoms with Gasteiger partial charge in [0.05, 0.1) is 6.61 Å². The number of carbonyl (C=O) groups excluding carboxylic acids is 4. The van der Waals surface area contributed by atoms with Gasteiger partial charge in [0, 0.05) is 13.5 Å². The maximum atomic E-state index is 12.2. The first kappa shape index (κ1) is 19.9. The van der Waals surface area contributed by atoms with E-state index in [0.29, 0.717) is 12.8 Å². The second kappa shape index (κ2) is 9.21. The van der Waals surface area contributed by atoms with Crippen LogP contribution in [0.5, 0.6) is 0 Å². The van der Waals surface area contributed by atoms with Crippen LogP contribution in [0.15, 0.2) is 0 Å². The van der Waals surface area contributed by atoms with Gasteiger partial charge in [0.25, 0.3) is 0 Å². The van der Waals surface area contributed by atoms with Gasteiger partial charge in [-0.05, 0) is 18.8 Å². The fourth-order valence-corrected chi connectivity index (χ4v) is 2.43. The molecule has 0 bridgehead atoms. The lowest BCUT2D eigenvalue weighted by atomic mass is 10.0. The van der Waals surface area contributed by atoms with E-state index in [1.165, 1.54) is 7.05 Å². The molecule has 5 N–H and O–H groups in total. The zero-order valence-corrected chi connectivity index (χ0v) is 14.2. The number of nitrogens with one attached hydrogen (secondary N) is 4. The number of aliphatic hydroxyl groups excluding tert-OH is 1. The van der Waals surface area contributed by atoms with E-state index >= 15 is 0 Å². The molecule has 1 rings (SSSR count). The molecule has 0 spiro atoms. The highest BCUT2D eigenvalue weighted by molar-refractivity contribution is 5.95. The fraction of sp³-hybridized carbons (Fsp3) is 0.733. The van der Waals surface area contributed by atoms with E-state index in [4.69, 9.17) is 0 Å². The molecule has 3 unspecified atom stereocenters. The molecule has 136 valence electrons. The van der Waals surface area contributed by atoms with Crippen molar-refractivity contribution < 1.29 is 24.3 Å². The van der Waals surface area contributed by atoms with Crippen molar-refractivity contribution >= 4 is 23.6 Å². The zero-order valence-electron chi connectivity index (χ0n) is 14.2. The smallest absolute Gasteiger partial charge is 0.245 e. The Labute approximate surface area is 140 Å². The largest absolute Gasteiger partial charge is 0.394 e. The lowest BCUT2D eigenvalue weighted by molar-refractivity contribution is -0.133. The van der Waals surface area contributed by atoms with Crippen LogP contribution >= 0.6 is 0 Å². The van der Waals surface area contributed by atoms with Gasteiger partial charge in [0.15, 0.2) is 0 Å². The second-order valence-electron chi connectivity index (χ2n) is 6.21. The summed E-state index contributed by atoms with van der Waals surface area (Å²) in [5, 5.41) is 19.3. The summed E-state index contributed by atoms with van der Waals surface area (Å²) in [6.45, 7) is 3.22. The Bertz CT molecular complexity index is 494. The minimum absolute atomic E-state index is 0.170. The van der Waals surface area contributed by atoms with E-state index in [1.54, 1.807) is 0 Å². The highest BCUT2D eigenvalue weighted by atomic mass is 16.3. The van der Waals surface area contributed by atoms with Crippen LogP contribution in [-0.4, -0.2) is 60.5 Å².